The summed E-state index contributed by atoms with van der Waals surface area (Å²) in [5.41, 5.74) is 0.715. The average Bonchev–Trinajstić information content (AvgIpc) is 3.16. The first-order valence-corrected chi connectivity index (χ1v) is 12.5. The zero-order chi connectivity index (χ0) is 24.6. The number of Topliss-reactive ketones (excluding diaryl/α,β-unsaturated/α-hetero) is 2. The first-order valence-electron chi connectivity index (χ1n) is 11.7. The monoisotopic (exact) mass is 479 g/mol. The molecule has 0 aromatic carbocycles. The molecule has 1 aliphatic heterocycles. The Balaban J connectivity index is 2.16. The molecule has 0 bridgehead atoms. The van der Waals surface area contributed by atoms with Gasteiger partial charge < -0.3 is 15.4 Å². The maximum Gasteiger partial charge on any atom is 0.407 e. The second-order valence-electron chi connectivity index (χ2n) is 10.3. The summed E-state index contributed by atoms with van der Waals surface area (Å²) < 4.78 is 9.52. The van der Waals surface area contributed by atoms with E-state index in [-0.39, 0.29) is 36.6 Å². The lowest BCUT2D eigenvalue weighted by molar-refractivity contribution is -0.141. The average molecular weight is 480 g/mol. The Morgan fingerprint density at radius 3 is 2.64 bits per heavy atom. The van der Waals surface area contributed by atoms with E-state index in [4.69, 9.17) is 4.74 Å². The smallest absolute Gasteiger partial charge is 0.407 e. The summed E-state index contributed by atoms with van der Waals surface area (Å²) in [5.74, 6) is -2.55. The number of hydrogen-bond acceptors (Lipinski definition) is 7. The third kappa shape index (κ3) is 8.87. The molecule has 33 heavy (non-hydrogen) atoms. The van der Waals surface area contributed by atoms with Gasteiger partial charge in [-0.3, -0.25) is 14.4 Å². The van der Waals surface area contributed by atoms with Gasteiger partial charge in [0.15, 0.2) is 5.78 Å². The highest BCUT2D eigenvalue weighted by Crippen LogP contribution is 2.24. The van der Waals surface area contributed by atoms with Crippen LogP contribution in [0.25, 0.3) is 0 Å². The summed E-state index contributed by atoms with van der Waals surface area (Å²) in [4.78, 5) is 52.0. The van der Waals surface area contributed by atoms with Crippen molar-refractivity contribution in [3.8, 4) is 0 Å². The maximum absolute atomic E-state index is 13.2. The molecule has 0 saturated carbocycles. The van der Waals surface area contributed by atoms with Gasteiger partial charge in [-0.1, -0.05) is 41.0 Å². The van der Waals surface area contributed by atoms with Gasteiger partial charge >= 0.3 is 6.09 Å². The Kier molecular flexibility index (Phi) is 10.0. The van der Waals surface area contributed by atoms with Crippen LogP contribution in [0, 0.1) is 17.3 Å². The number of aromatic nitrogens is 1. The molecular weight excluding hydrogens is 442 g/mol. The molecule has 184 valence electrons. The van der Waals surface area contributed by atoms with Crippen LogP contribution in [0.5, 0.6) is 0 Å². The molecule has 2 amide bonds. The van der Waals surface area contributed by atoms with Crippen LogP contribution < -0.4 is 10.6 Å². The van der Waals surface area contributed by atoms with Gasteiger partial charge in [-0.15, -0.1) is 0 Å². The van der Waals surface area contributed by atoms with Gasteiger partial charge in [0.25, 0.3) is 5.91 Å². The van der Waals surface area contributed by atoms with Crippen LogP contribution in [0.4, 0.5) is 4.79 Å². The number of amides is 2. The Hall–Kier alpha value is -2.29. The van der Waals surface area contributed by atoms with Crippen LogP contribution in [0.15, 0.2) is 6.20 Å². The van der Waals surface area contributed by atoms with Crippen LogP contribution in [-0.4, -0.2) is 47.1 Å². The van der Waals surface area contributed by atoms with Crippen molar-refractivity contribution in [3.63, 3.8) is 0 Å². The van der Waals surface area contributed by atoms with Gasteiger partial charge in [-0.2, -0.15) is 0 Å². The maximum atomic E-state index is 13.2. The molecule has 1 aromatic rings. The summed E-state index contributed by atoms with van der Waals surface area (Å²) in [7, 11) is 0. The lowest BCUT2D eigenvalue weighted by Crippen LogP contribution is -2.47. The highest BCUT2D eigenvalue weighted by molar-refractivity contribution is 7.05. The predicted octanol–water partition coefficient (Wildman–Crippen LogP) is 3.47. The fourth-order valence-electron chi connectivity index (χ4n) is 3.68. The molecule has 2 atom stereocenters. The van der Waals surface area contributed by atoms with E-state index in [1.54, 1.807) is 6.20 Å². The summed E-state index contributed by atoms with van der Waals surface area (Å²) >= 11 is 1.41. The minimum atomic E-state index is -0.810. The van der Waals surface area contributed by atoms with Crippen molar-refractivity contribution < 1.29 is 23.9 Å². The molecule has 0 spiro atoms. The number of carbonyl (C=O) groups excluding carboxylic acids is 4. The number of rotatable bonds is 6. The number of carbonyl (C=O) groups is 4. The van der Waals surface area contributed by atoms with Gasteiger partial charge in [-0.05, 0) is 54.1 Å². The van der Waals surface area contributed by atoms with Crippen LogP contribution in [-0.2, 0) is 32.0 Å². The molecule has 1 aliphatic rings. The molecule has 0 fully saturated rings. The molecule has 9 heteroatoms. The Morgan fingerprint density at radius 1 is 1.24 bits per heavy atom. The standard InChI is InChI=1S/C24H37N3O5S/c1-15(2)20(27-23(31)32-14-24(3,4)5)18(28)12-16-11-17-13-26-33-19(17)9-7-6-8-10-25-22(30)21(16)29/h13,15-16,20H,6-12,14H2,1-5H3,(H,25,30)(H,27,31). The zero-order valence-corrected chi connectivity index (χ0v) is 21.2. The highest BCUT2D eigenvalue weighted by Gasteiger charge is 2.33. The summed E-state index contributed by atoms with van der Waals surface area (Å²) in [5, 5.41) is 5.34. The van der Waals surface area contributed by atoms with E-state index in [1.807, 2.05) is 34.6 Å². The van der Waals surface area contributed by atoms with Crippen molar-refractivity contribution in [2.75, 3.05) is 13.2 Å². The summed E-state index contributed by atoms with van der Waals surface area (Å²) in [6, 6.07) is -0.810. The Labute approximate surface area is 200 Å². The van der Waals surface area contributed by atoms with Crippen molar-refractivity contribution in [1.29, 1.82) is 0 Å². The number of fused-ring (bicyclic) bond motifs is 1. The van der Waals surface area contributed by atoms with Gasteiger partial charge in [-0.25, -0.2) is 9.17 Å². The van der Waals surface area contributed by atoms with Crippen molar-refractivity contribution in [2.24, 2.45) is 17.3 Å². The number of aryl methyl sites for hydroxylation is 1. The molecule has 2 N–H and O–H groups in total. The van der Waals surface area contributed by atoms with Crippen LogP contribution in [0.1, 0.15) is 70.7 Å². The van der Waals surface area contributed by atoms with E-state index < -0.39 is 29.7 Å². The van der Waals surface area contributed by atoms with Crippen molar-refractivity contribution >= 4 is 35.1 Å². The zero-order valence-electron chi connectivity index (χ0n) is 20.4. The summed E-state index contributed by atoms with van der Waals surface area (Å²) in [6.07, 6.45) is 4.83. The Morgan fingerprint density at radius 2 is 1.97 bits per heavy atom. The first kappa shape index (κ1) is 27.0. The molecule has 8 nitrogen and oxygen atoms in total. The fourth-order valence-corrected chi connectivity index (χ4v) is 4.48. The molecule has 1 aromatic heterocycles. The lowest BCUT2D eigenvalue weighted by Gasteiger charge is -2.24. The quantitative estimate of drug-likeness (QED) is 0.604. The van der Waals surface area contributed by atoms with Crippen LogP contribution in [0.2, 0.25) is 0 Å². The summed E-state index contributed by atoms with van der Waals surface area (Å²) in [6.45, 7) is 10.1. The molecule has 2 unspecified atom stereocenters. The van der Waals surface area contributed by atoms with E-state index >= 15 is 0 Å². The molecule has 2 rings (SSSR count). The molecule has 0 radical (unpaired) electrons. The van der Waals surface area contributed by atoms with Crippen molar-refractivity contribution in [3.05, 3.63) is 16.6 Å². The van der Waals surface area contributed by atoms with E-state index in [0.717, 1.165) is 36.1 Å². The third-order valence-electron chi connectivity index (χ3n) is 5.53. The van der Waals surface area contributed by atoms with Gasteiger partial charge in [0.2, 0.25) is 5.78 Å². The number of ether oxygens (including phenoxy) is 1. The number of alkyl carbamates (subject to hydrolysis) is 1. The van der Waals surface area contributed by atoms with Crippen molar-refractivity contribution in [1.82, 2.24) is 15.0 Å². The minimum absolute atomic E-state index is 0.135. The Bertz CT molecular complexity index is 843. The third-order valence-corrected chi connectivity index (χ3v) is 6.42. The number of nitrogens with zero attached hydrogens (tertiary/aromatic N) is 1. The van der Waals surface area contributed by atoms with Gasteiger partial charge in [0.05, 0.1) is 12.6 Å². The molecular formula is C24H37N3O5S. The second-order valence-corrected chi connectivity index (χ2v) is 11.2. The first-order chi connectivity index (χ1) is 15.5. The highest BCUT2D eigenvalue weighted by atomic mass is 32.1. The molecule has 0 aliphatic carbocycles. The van der Waals surface area contributed by atoms with Crippen LogP contribution in [0.3, 0.4) is 0 Å². The van der Waals surface area contributed by atoms with Gasteiger partial charge in [0.1, 0.15) is 0 Å². The normalized spacial score (nSPS) is 19.0. The lowest BCUT2D eigenvalue weighted by atomic mass is 9.86. The predicted molar refractivity (Wildman–Crippen MR) is 127 cm³/mol. The number of ketones is 2. The van der Waals surface area contributed by atoms with E-state index in [0.29, 0.717) is 6.54 Å². The SMILES string of the molecule is CC(C)C(NC(=O)OCC(C)(C)C)C(=O)CC1Cc2cnsc2CCCCCNC(=O)C1=O. The van der Waals surface area contributed by atoms with Crippen molar-refractivity contribution in [2.45, 2.75) is 79.2 Å². The molecule has 0 saturated heterocycles. The van der Waals surface area contributed by atoms with E-state index in [2.05, 4.69) is 15.0 Å². The topological polar surface area (TPSA) is 114 Å². The fraction of sp³-hybridized carbons (Fsp3) is 0.708. The second kappa shape index (κ2) is 12.3. The number of hydrogen-bond donors (Lipinski definition) is 2. The molecule has 2 heterocycles. The number of nitrogens with one attached hydrogen (secondary N) is 2. The minimum Gasteiger partial charge on any atom is -0.449 e. The largest absolute Gasteiger partial charge is 0.449 e. The van der Waals surface area contributed by atoms with Gasteiger partial charge in [0, 0.05) is 30.0 Å². The van der Waals surface area contributed by atoms with E-state index in [9.17, 15) is 19.2 Å². The van der Waals surface area contributed by atoms with Crippen LogP contribution >= 0.6 is 11.5 Å². The van der Waals surface area contributed by atoms with E-state index in [1.165, 1.54) is 11.5 Å².